The first-order valence-corrected chi connectivity index (χ1v) is 1.72. The first kappa shape index (κ1) is 42.5. The molecule has 1 aliphatic rings. The molecule has 0 fully saturated rings. The van der Waals surface area contributed by atoms with Gasteiger partial charge < -0.3 is 37.1 Å². The third-order valence-corrected chi connectivity index (χ3v) is 0.586. The van der Waals surface area contributed by atoms with E-state index in [1.807, 2.05) is 12.2 Å². The molecule has 1 heteroatoms. The van der Waals surface area contributed by atoms with Gasteiger partial charge in [0.25, 0.3) is 0 Å². The second-order valence-corrected chi connectivity index (χ2v) is 1.00. The molecule has 1 rings (SSSR count). The van der Waals surface area contributed by atoms with Crippen LogP contribution in [0.25, 0.3) is 0 Å². The summed E-state index contributed by atoms with van der Waals surface area (Å²) >= 11 is 0. The Morgan fingerprint density at radius 3 is 1.45 bits per heavy atom. The second-order valence-electron chi connectivity index (χ2n) is 1.00. The zero-order valence-electron chi connectivity index (χ0n) is 8.44. The van der Waals surface area contributed by atoms with E-state index < -0.39 is 0 Å². The Balaban J connectivity index is -0.0000000104. The largest absolute Gasteiger partial charge is 0.358 e. The van der Waals surface area contributed by atoms with E-state index in [1.165, 1.54) is 0 Å². The normalized spacial score (nSPS) is 8.00. The Kier molecular flexibility index (Phi) is 122. The van der Waals surface area contributed by atoms with Crippen LogP contribution in [0.1, 0.15) is 6.42 Å². The summed E-state index contributed by atoms with van der Waals surface area (Å²) in [5.41, 5.74) is 0. The maximum atomic E-state index is 2.99. The van der Waals surface area contributed by atoms with Crippen LogP contribution in [0.15, 0.2) is 18.2 Å². The first-order chi connectivity index (χ1) is 2.50. The van der Waals surface area contributed by atoms with Crippen LogP contribution in [0, 0.1) is 43.2 Å². The Bertz CT molecular complexity index is 62.9. The Morgan fingerprint density at radius 2 is 1.36 bits per heavy atom. The fourth-order valence-corrected chi connectivity index (χ4v) is 0.340. The van der Waals surface area contributed by atoms with Crippen LogP contribution in [0.2, 0.25) is 0 Å². The minimum atomic E-state index is 0. The maximum Gasteiger partial charge on any atom is 0 e. The van der Waals surface area contributed by atoms with Crippen molar-refractivity contribution in [2.45, 2.75) is 6.42 Å². The van der Waals surface area contributed by atoms with E-state index in [0.717, 1.165) is 6.42 Å². The fourth-order valence-electron chi connectivity index (χ4n) is 0.340. The van der Waals surface area contributed by atoms with Crippen LogP contribution in [0.5, 0.6) is 0 Å². The van der Waals surface area contributed by atoms with Gasteiger partial charge >= 0.3 is 0 Å². The predicted octanol–water partition coefficient (Wildman–Crippen LogP) is 3.55. The van der Waals surface area contributed by atoms with Gasteiger partial charge in [0.05, 0.1) is 0 Å². The molecule has 0 saturated heterocycles. The molecule has 0 N–H and O–H groups in total. The van der Waals surface area contributed by atoms with E-state index in [9.17, 15) is 0 Å². The Labute approximate surface area is 93.6 Å². The molecule has 11 heavy (non-hydrogen) atoms. The first-order valence-electron chi connectivity index (χ1n) is 1.72. The molecular weight excluding hydrogens is 299 g/mol. The molecule has 0 heterocycles. The molecule has 0 radical (unpaired) electrons. The molecular formula is C10H20Hf-6. The monoisotopic (exact) mass is 320 g/mol. The SMILES string of the molecule is [C-]1=CC=CC1.[CH3-].[CH3-].[CH3-].[CH3-].[CH3-].[Hf]. The van der Waals surface area contributed by atoms with Gasteiger partial charge in [-0.2, -0.15) is 6.08 Å². The van der Waals surface area contributed by atoms with Crippen molar-refractivity contribution < 1.29 is 25.8 Å². The van der Waals surface area contributed by atoms with E-state index in [1.54, 1.807) is 0 Å². The molecule has 0 aromatic carbocycles. The summed E-state index contributed by atoms with van der Waals surface area (Å²) in [5, 5.41) is 0. The summed E-state index contributed by atoms with van der Waals surface area (Å²) in [6.45, 7) is 0. The van der Waals surface area contributed by atoms with Gasteiger partial charge in [-0.3, -0.25) is 6.08 Å². The molecule has 0 unspecified atom stereocenters. The van der Waals surface area contributed by atoms with E-state index in [2.05, 4.69) is 12.2 Å². The minimum Gasteiger partial charge on any atom is -0.358 e. The van der Waals surface area contributed by atoms with Gasteiger partial charge in [-0.05, 0) is 0 Å². The quantitative estimate of drug-likeness (QED) is 0.473. The molecule has 70 valence electrons. The number of hydrogen-bond acceptors (Lipinski definition) is 0. The minimum absolute atomic E-state index is 0. The van der Waals surface area contributed by atoms with Gasteiger partial charge in [0.1, 0.15) is 0 Å². The van der Waals surface area contributed by atoms with Crippen molar-refractivity contribution >= 4 is 0 Å². The summed E-state index contributed by atoms with van der Waals surface area (Å²) < 4.78 is 0. The van der Waals surface area contributed by atoms with Crippen molar-refractivity contribution in [1.29, 1.82) is 0 Å². The molecule has 0 bridgehead atoms. The van der Waals surface area contributed by atoms with Crippen molar-refractivity contribution in [2.24, 2.45) is 0 Å². The van der Waals surface area contributed by atoms with Crippen LogP contribution in [-0.4, -0.2) is 0 Å². The van der Waals surface area contributed by atoms with E-state index in [0.29, 0.717) is 0 Å². The van der Waals surface area contributed by atoms with Crippen LogP contribution in [-0.2, 0) is 25.8 Å². The molecule has 0 spiro atoms. The molecule has 0 saturated carbocycles. The molecule has 0 aromatic rings. The van der Waals surface area contributed by atoms with Gasteiger partial charge in [0.2, 0.25) is 0 Å². The maximum absolute atomic E-state index is 2.99. The zero-order valence-corrected chi connectivity index (χ0v) is 12.0. The van der Waals surface area contributed by atoms with Crippen molar-refractivity contribution in [1.82, 2.24) is 0 Å². The van der Waals surface area contributed by atoms with Crippen molar-refractivity contribution in [3.8, 4) is 0 Å². The summed E-state index contributed by atoms with van der Waals surface area (Å²) in [7, 11) is 0. The molecule has 1 aliphatic carbocycles. The van der Waals surface area contributed by atoms with Crippen molar-refractivity contribution in [3.63, 3.8) is 0 Å². The van der Waals surface area contributed by atoms with E-state index in [-0.39, 0.29) is 63.0 Å². The van der Waals surface area contributed by atoms with Crippen LogP contribution in [0.3, 0.4) is 0 Å². The number of allylic oxidation sites excluding steroid dienone is 4. The molecule has 0 atom stereocenters. The summed E-state index contributed by atoms with van der Waals surface area (Å²) in [5.74, 6) is 0. The van der Waals surface area contributed by atoms with Crippen molar-refractivity contribution in [3.05, 3.63) is 61.4 Å². The summed E-state index contributed by atoms with van der Waals surface area (Å²) in [6.07, 6.45) is 10.0. The summed E-state index contributed by atoms with van der Waals surface area (Å²) in [4.78, 5) is 0. The average Bonchev–Trinajstić information content (AvgIpc) is 1.76. The molecule has 0 aliphatic heterocycles. The average molecular weight is 319 g/mol. The van der Waals surface area contributed by atoms with Crippen LogP contribution in [0.4, 0.5) is 0 Å². The van der Waals surface area contributed by atoms with Gasteiger partial charge in [0, 0.05) is 25.8 Å². The second kappa shape index (κ2) is 31.6. The number of rotatable bonds is 0. The smallest absolute Gasteiger partial charge is 0 e. The molecule has 0 amide bonds. The van der Waals surface area contributed by atoms with Crippen molar-refractivity contribution in [2.75, 3.05) is 0 Å². The van der Waals surface area contributed by atoms with Crippen LogP contribution < -0.4 is 0 Å². The van der Waals surface area contributed by atoms with Crippen LogP contribution >= 0.6 is 0 Å². The zero-order chi connectivity index (χ0) is 3.54. The molecule has 0 nitrogen and oxygen atoms in total. The molecule has 0 aromatic heterocycles. The number of hydrogen-bond donors (Lipinski definition) is 0. The van der Waals surface area contributed by atoms with Gasteiger partial charge in [-0.15, -0.1) is 6.42 Å². The Morgan fingerprint density at radius 1 is 0.909 bits per heavy atom. The third-order valence-electron chi connectivity index (χ3n) is 0.586. The standard InChI is InChI=1S/C5H5.5CH3.Hf/c1-2-4-5-3-1;;;;;;/h1-3H,4H2;5*1H3;/q6*-1;. The van der Waals surface area contributed by atoms with Gasteiger partial charge in [-0.1, -0.05) is 0 Å². The van der Waals surface area contributed by atoms with Gasteiger partial charge in [0.15, 0.2) is 0 Å². The summed E-state index contributed by atoms with van der Waals surface area (Å²) in [6, 6.07) is 0. The van der Waals surface area contributed by atoms with E-state index >= 15 is 0 Å². The topological polar surface area (TPSA) is 0 Å². The predicted molar refractivity (Wildman–Crippen MR) is 53.6 cm³/mol. The Hall–Kier alpha value is 0.350. The third kappa shape index (κ3) is 25.2. The fraction of sp³-hybridized carbons (Fsp3) is 0.100. The van der Waals surface area contributed by atoms with Gasteiger partial charge in [-0.25, -0.2) is 12.2 Å². The van der Waals surface area contributed by atoms with E-state index in [4.69, 9.17) is 0 Å².